The smallest absolute Gasteiger partial charge is 0.137 e. The van der Waals surface area contributed by atoms with Gasteiger partial charge in [0.1, 0.15) is 11.6 Å². The molecule has 1 fully saturated rings. The van der Waals surface area contributed by atoms with Crippen LogP contribution >= 0.6 is 15.9 Å². The number of hydrogen-bond donors (Lipinski definition) is 1. The first-order valence-electron chi connectivity index (χ1n) is 5.02. The average Bonchev–Trinajstić information content (AvgIpc) is 2.23. The zero-order valence-corrected chi connectivity index (χ0v) is 10.0. The van der Waals surface area contributed by atoms with Crippen LogP contribution in [0.1, 0.15) is 24.5 Å². The molecule has 1 saturated heterocycles. The van der Waals surface area contributed by atoms with E-state index in [1.165, 1.54) is 0 Å². The van der Waals surface area contributed by atoms with E-state index in [-0.39, 0.29) is 10.0 Å². The normalized spacial score (nSPS) is 25.8. The molecule has 1 aromatic carbocycles. The molecule has 0 radical (unpaired) electrons. The molecule has 5 heteroatoms. The Hall–Kier alpha value is -0.520. The zero-order valence-electron chi connectivity index (χ0n) is 8.42. The standard InChI is InChI=1S/C11H11BrF2O2/c12-8-5-9(13)7(4-10(8)14)11-3-6(15)1-2-16-11/h4-6,11,15H,1-3H2. The highest BCUT2D eigenvalue weighted by molar-refractivity contribution is 9.10. The summed E-state index contributed by atoms with van der Waals surface area (Å²) in [6.45, 7) is 0.364. The lowest BCUT2D eigenvalue weighted by molar-refractivity contribution is -0.0462. The first kappa shape index (κ1) is 12.0. The number of benzene rings is 1. The molecule has 0 spiro atoms. The SMILES string of the molecule is OC1CCOC(c2cc(F)c(Br)cc2F)C1. The van der Waals surface area contributed by atoms with E-state index >= 15 is 0 Å². The maximum Gasteiger partial charge on any atom is 0.137 e. The van der Waals surface area contributed by atoms with E-state index in [1.807, 2.05) is 0 Å². The second-order valence-electron chi connectivity index (χ2n) is 3.83. The summed E-state index contributed by atoms with van der Waals surface area (Å²) < 4.78 is 32.3. The average molecular weight is 293 g/mol. The number of halogens is 3. The second-order valence-corrected chi connectivity index (χ2v) is 4.68. The zero-order chi connectivity index (χ0) is 11.7. The van der Waals surface area contributed by atoms with Gasteiger partial charge in [-0.05, 0) is 34.5 Å². The molecule has 1 aliphatic rings. The highest BCUT2D eigenvalue weighted by atomic mass is 79.9. The Bertz CT molecular complexity index is 398. The molecule has 2 atom stereocenters. The summed E-state index contributed by atoms with van der Waals surface area (Å²) in [6, 6.07) is 2.19. The molecule has 2 unspecified atom stereocenters. The topological polar surface area (TPSA) is 29.5 Å². The van der Waals surface area contributed by atoms with Gasteiger partial charge in [-0.2, -0.15) is 0 Å². The first-order chi connectivity index (χ1) is 7.58. The lowest BCUT2D eigenvalue weighted by atomic mass is 9.99. The van der Waals surface area contributed by atoms with Crippen LogP contribution in [0.4, 0.5) is 8.78 Å². The Morgan fingerprint density at radius 1 is 1.31 bits per heavy atom. The molecular weight excluding hydrogens is 282 g/mol. The fourth-order valence-corrected chi connectivity index (χ4v) is 2.10. The molecule has 0 saturated carbocycles. The monoisotopic (exact) mass is 292 g/mol. The Balaban J connectivity index is 2.29. The van der Waals surface area contributed by atoms with E-state index in [1.54, 1.807) is 0 Å². The molecule has 0 bridgehead atoms. The first-order valence-corrected chi connectivity index (χ1v) is 5.81. The molecule has 1 aliphatic heterocycles. The minimum Gasteiger partial charge on any atom is -0.393 e. The van der Waals surface area contributed by atoms with Crippen molar-refractivity contribution in [1.29, 1.82) is 0 Å². The van der Waals surface area contributed by atoms with E-state index in [0.29, 0.717) is 19.4 Å². The number of aliphatic hydroxyl groups is 1. The van der Waals surface area contributed by atoms with Crippen LogP contribution in [-0.2, 0) is 4.74 Å². The van der Waals surface area contributed by atoms with Crippen LogP contribution in [-0.4, -0.2) is 17.8 Å². The van der Waals surface area contributed by atoms with Gasteiger partial charge < -0.3 is 9.84 Å². The van der Waals surface area contributed by atoms with Crippen molar-refractivity contribution < 1.29 is 18.6 Å². The largest absolute Gasteiger partial charge is 0.393 e. The van der Waals surface area contributed by atoms with Crippen molar-refractivity contribution >= 4 is 15.9 Å². The predicted octanol–water partition coefficient (Wildman–Crippen LogP) is 2.94. The van der Waals surface area contributed by atoms with Gasteiger partial charge in [0.25, 0.3) is 0 Å². The van der Waals surface area contributed by atoms with Gasteiger partial charge in [-0.3, -0.25) is 0 Å². The Morgan fingerprint density at radius 2 is 2.06 bits per heavy atom. The van der Waals surface area contributed by atoms with Crippen LogP contribution in [0, 0.1) is 11.6 Å². The molecular formula is C11H11BrF2O2. The molecule has 1 aromatic rings. The lowest BCUT2D eigenvalue weighted by Crippen LogP contribution is -2.24. The van der Waals surface area contributed by atoms with Crippen molar-refractivity contribution in [3.8, 4) is 0 Å². The highest BCUT2D eigenvalue weighted by Crippen LogP contribution is 2.32. The van der Waals surface area contributed by atoms with Gasteiger partial charge in [0.15, 0.2) is 0 Å². The second kappa shape index (κ2) is 4.77. The molecule has 1 heterocycles. The van der Waals surface area contributed by atoms with E-state index < -0.39 is 23.8 Å². The van der Waals surface area contributed by atoms with Crippen LogP contribution in [0.25, 0.3) is 0 Å². The molecule has 1 N–H and O–H groups in total. The van der Waals surface area contributed by atoms with Crippen molar-refractivity contribution in [2.24, 2.45) is 0 Å². The number of hydrogen-bond acceptors (Lipinski definition) is 2. The van der Waals surface area contributed by atoms with E-state index in [0.717, 1.165) is 12.1 Å². The highest BCUT2D eigenvalue weighted by Gasteiger charge is 2.25. The maximum atomic E-state index is 13.6. The number of rotatable bonds is 1. The molecule has 16 heavy (non-hydrogen) atoms. The van der Waals surface area contributed by atoms with Crippen LogP contribution < -0.4 is 0 Å². The molecule has 0 aliphatic carbocycles. The summed E-state index contributed by atoms with van der Waals surface area (Å²) in [5.41, 5.74) is 0.166. The van der Waals surface area contributed by atoms with Crippen LogP contribution in [0.3, 0.4) is 0 Å². The molecule has 0 aromatic heterocycles. The summed E-state index contributed by atoms with van der Waals surface area (Å²) in [7, 11) is 0. The van der Waals surface area contributed by atoms with Crippen LogP contribution in [0.15, 0.2) is 16.6 Å². The summed E-state index contributed by atoms with van der Waals surface area (Å²) in [5, 5.41) is 9.45. The third kappa shape index (κ3) is 2.42. The van der Waals surface area contributed by atoms with Crippen LogP contribution in [0.2, 0.25) is 0 Å². The number of aliphatic hydroxyl groups excluding tert-OH is 1. The van der Waals surface area contributed by atoms with Crippen molar-refractivity contribution in [3.63, 3.8) is 0 Å². The molecule has 0 amide bonds. The Labute approximate surface area is 100 Å². The van der Waals surface area contributed by atoms with Gasteiger partial charge in [-0.1, -0.05) is 0 Å². The fraction of sp³-hybridized carbons (Fsp3) is 0.455. The minimum atomic E-state index is -0.564. The van der Waals surface area contributed by atoms with Gasteiger partial charge in [-0.15, -0.1) is 0 Å². The van der Waals surface area contributed by atoms with Crippen molar-refractivity contribution in [2.75, 3.05) is 6.61 Å². The summed E-state index contributed by atoms with van der Waals surface area (Å²) in [5.74, 6) is -1.05. The van der Waals surface area contributed by atoms with Gasteiger partial charge >= 0.3 is 0 Å². The minimum absolute atomic E-state index is 0.0881. The Morgan fingerprint density at radius 3 is 2.75 bits per heavy atom. The van der Waals surface area contributed by atoms with Gasteiger partial charge in [0.05, 0.1) is 16.7 Å². The Kier molecular flexibility index (Phi) is 3.56. The predicted molar refractivity (Wildman–Crippen MR) is 58.0 cm³/mol. The van der Waals surface area contributed by atoms with Gasteiger partial charge in [0, 0.05) is 18.6 Å². The third-order valence-electron chi connectivity index (χ3n) is 2.64. The summed E-state index contributed by atoms with van der Waals surface area (Å²) in [4.78, 5) is 0. The third-order valence-corrected chi connectivity index (χ3v) is 3.25. The van der Waals surface area contributed by atoms with Crippen molar-refractivity contribution in [1.82, 2.24) is 0 Å². The fourth-order valence-electron chi connectivity index (χ4n) is 1.78. The van der Waals surface area contributed by atoms with Crippen molar-refractivity contribution in [2.45, 2.75) is 25.0 Å². The van der Waals surface area contributed by atoms with Crippen molar-refractivity contribution in [3.05, 3.63) is 33.8 Å². The summed E-state index contributed by atoms with van der Waals surface area (Å²) >= 11 is 2.91. The van der Waals surface area contributed by atoms with Gasteiger partial charge in [-0.25, -0.2) is 8.78 Å². The summed E-state index contributed by atoms with van der Waals surface area (Å²) in [6.07, 6.45) is -0.231. The van der Waals surface area contributed by atoms with Gasteiger partial charge in [0.2, 0.25) is 0 Å². The lowest BCUT2D eigenvalue weighted by Gasteiger charge is -2.27. The molecule has 2 rings (SSSR count). The van der Waals surface area contributed by atoms with E-state index in [9.17, 15) is 13.9 Å². The molecule has 88 valence electrons. The van der Waals surface area contributed by atoms with Crippen LogP contribution in [0.5, 0.6) is 0 Å². The molecule has 2 nitrogen and oxygen atoms in total. The quantitative estimate of drug-likeness (QED) is 0.807. The van der Waals surface area contributed by atoms with E-state index in [2.05, 4.69) is 15.9 Å². The van der Waals surface area contributed by atoms with E-state index in [4.69, 9.17) is 4.74 Å². The number of ether oxygens (including phenoxy) is 1. The maximum absolute atomic E-state index is 13.6.